The summed E-state index contributed by atoms with van der Waals surface area (Å²) in [5.74, 6) is 1.33. The number of hydrogen-bond donors (Lipinski definition) is 0. The minimum absolute atomic E-state index is 0.379. The van der Waals surface area contributed by atoms with Crippen LogP contribution in [0, 0.1) is 0 Å². The van der Waals surface area contributed by atoms with Crippen LogP contribution in [0.4, 0.5) is 13.2 Å². The van der Waals surface area contributed by atoms with Crippen LogP contribution in [0.2, 0.25) is 0 Å². The third kappa shape index (κ3) is 7.40. The molecular weight excluding hydrogens is 896 g/mol. The van der Waals surface area contributed by atoms with Gasteiger partial charge in [0.1, 0.15) is 0 Å². The highest BCUT2D eigenvalue weighted by atomic mass is 19.4. The molecule has 0 unspecified atom stereocenters. The van der Waals surface area contributed by atoms with Crippen LogP contribution in [0.1, 0.15) is 5.56 Å². The molecule has 0 radical (unpaired) electrons. The lowest BCUT2D eigenvalue weighted by Gasteiger charge is -2.21. The van der Waals surface area contributed by atoms with Gasteiger partial charge in [-0.25, -0.2) is 15.0 Å². The van der Waals surface area contributed by atoms with E-state index in [9.17, 15) is 0 Å². The zero-order valence-corrected chi connectivity index (χ0v) is 38.5. The molecule has 342 valence electrons. The summed E-state index contributed by atoms with van der Waals surface area (Å²) in [5, 5.41) is 3.99. The van der Waals surface area contributed by atoms with Crippen molar-refractivity contribution >= 4 is 43.6 Å². The van der Waals surface area contributed by atoms with Crippen LogP contribution in [0.25, 0.3) is 123 Å². The molecule has 3 aromatic heterocycles. The van der Waals surface area contributed by atoms with E-state index in [0.29, 0.717) is 45.5 Å². The molecule has 72 heavy (non-hydrogen) atoms. The van der Waals surface area contributed by atoms with Gasteiger partial charge in [-0.1, -0.05) is 170 Å². The predicted molar refractivity (Wildman–Crippen MR) is 286 cm³/mol. The van der Waals surface area contributed by atoms with Gasteiger partial charge in [0, 0.05) is 49.4 Å². The highest BCUT2D eigenvalue weighted by Gasteiger charge is 2.33. The third-order valence-corrected chi connectivity index (χ3v) is 13.6. The molecule has 0 amide bonds. The van der Waals surface area contributed by atoms with Crippen molar-refractivity contribution in [3.8, 4) is 78.9 Å². The summed E-state index contributed by atoms with van der Waals surface area (Å²) in [5.41, 5.74) is 11.4. The second-order valence-electron chi connectivity index (χ2n) is 17.9. The van der Waals surface area contributed by atoms with Crippen LogP contribution in [0.3, 0.4) is 0 Å². The molecule has 0 fully saturated rings. The summed E-state index contributed by atoms with van der Waals surface area (Å²) in [4.78, 5) is 15.1. The minimum atomic E-state index is -4.65. The zero-order chi connectivity index (χ0) is 48.3. The van der Waals surface area contributed by atoms with E-state index in [1.165, 1.54) is 12.1 Å². The van der Waals surface area contributed by atoms with E-state index in [2.05, 4.69) is 88.0 Å². The van der Waals surface area contributed by atoms with E-state index in [-0.39, 0.29) is 0 Å². The Bertz CT molecular complexity index is 4130. The topological polar surface area (TPSA) is 48.5 Å². The number of nitrogens with zero attached hydrogens (tertiary/aromatic N) is 5. The van der Waals surface area contributed by atoms with Crippen LogP contribution in [-0.2, 0) is 6.18 Å². The molecule has 13 aromatic rings. The Balaban J connectivity index is 1.13. The molecule has 3 heterocycles. The van der Waals surface area contributed by atoms with Crippen molar-refractivity contribution in [3.63, 3.8) is 0 Å². The molecule has 0 aliphatic rings. The maximum Gasteiger partial charge on any atom is 0.416 e. The van der Waals surface area contributed by atoms with Crippen molar-refractivity contribution in [3.05, 3.63) is 248 Å². The largest absolute Gasteiger partial charge is 0.416 e. The van der Waals surface area contributed by atoms with E-state index in [1.54, 1.807) is 6.07 Å². The SMILES string of the molecule is FC(F)(F)c1ccc(-n2c3ccccc3c3cc(-c4ccccc4)ccc32)c(-c2cc(-c3nc(-c4ccccc4)nc(-c4ccccc4)n3)ccc2-n2c3ccccc3c3cc(-c4ccccc4)ccc32)c1. The summed E-state index contributed by atoms with van der Waals surface area (Å²) in [7, 11) is 0. The monoisotopic (exact) mass is 935 g/mol. The minimum Gasteiger partial charge on any atom is -0.309 e. The molecule has 0 aliphatic heterocycles. The lowest BCUT2D eigenvalue weighted by molar-refractivity contribution is -0.137. The summed E-state index contributed by atoms with van der Waals surface area (Å²) in [6, 6.07) is 79.0. The van der Waals surface area contributed by atoms with Crippen molar-refractivity contribution in [2.45, 2.75) is 6.18 Å². The molecule has 0 aliphatic carbocycles. The summed E-state index contributed by atoms with van der Waals surface area (Å²) < 4.78 is 50.3. The molecule has 0 saturated heterocycles. The summed E-state index contributed by atoms with van der Waals surface area (Å²) in [6.45, 7) is 0. The number of halogens is 3. The number of aromatic nitrogens is 5. The number of benzene rings is 10. The van der Waals surface area contributed by atoms with Gasteiger partial charge in [0.05, 0.1) is 39.0 Å². The normalized spacial score (nSPS) is 11.8. The van der Waals surface area contributed by atoms with Crippen molar-refractivity contribution < 1.29 is 13.2 Å². The molecular formula is C64H40F3N5. The molecule has 0 saturated carbocycles. The quantitative estimate of drug-likeness (QED) is 0.153. The van der Waals surface area contributed by atoms with Crippen molar-refractivity contribution in [1.82, 2.24) is 24.1 Å². The number of hydrogen-bond acceptors (Lipinski definition) is 3. The smallest absolute Gasteiger partial charge is 0.309 e. The average Bonchev–Trinajstić information content (AvgIpc) is 3.95. The maximum absolute atomic E-state index is 15.4. The maximum atomic E-state index is 15.4. The van der Waals surface area contributed by atoms with Crippen molar-refractivity contribution in [1.29, 1.82) is 0 Å². The van der Waals surface area contributed by atoms with Gasteiger partial charge >= 0.3 is 6.18 Å². The summed E-state index contributed by atoms with van der Waals surface area (Å²) >= 11 is 0. The molecule has 13 rings (SSSR count). The first kappa shape index (κ1) is 42.7. The van der Waals surface area contributed by atoms with Gasteiger partial charge in [0.25, 0.3) is 0 Å². The molecule has 5 nitrogen and oxygen atoms in total. The molecule has 0 bridgehead atoms. The molecule has 0 spiro atoms. The Kier molecular flexibility index (Phi) is 10.2. The van der Waals surface area contributed by atoms with E-state index in [1.807, 2.05) is 146 Å². The van der Waals surface area contributed by atoms with E-state index in [0.717, 1.165) is 77.0 Å². The number of fused-ring (bicyclic) bond motifs is 6. The van der Waals surface area contributed by atoms with Gasteiger partial charge < -0.3 is 9.13 Å². The van der Waals surface area contributed by atoms with Crippen LogP contribution < -0.4 is 0 Å². The Morgan fingerprint density at radius 1 is 0.278 bits per heavy atom. The first-order valence-corrected chi connectivity index (χ1v) is 23.7. The zero-order valence-electron chi connectivity index (χ0n) is 38.5. The fourth-order valence-electron chi connectivity index (χ4n) is 10.2. The van der Waals surface area contributed by atoms with Crippen LogP contribution in [0.15, 0.2) is 243 Å². The fraction of sp³-hybridized carbons (Fsp3) is 0.0156. The average molecular weight is 936 g/mol. The van der Waals surface area contributed by atoms with E-state index in [4.69, 9.17) is 15.0 Å². The molecule has 0 N–H and O–H groups in total. The van der Waals surface area contributed by atoms with E-state index < -0.39 is 11.7 Å². The van der Waals surface area contributed by atoms with Crippen LogP contribution in [0.5, 0.6) is 0 Å². The van der Waals surface area contributed by atoms with Gasteiger partial charge in [0.2, 0.25) is 0 Å². The molecule has 10 aromatic carbocycles. The summed E-state index contributed by atoms with van der Waals surface area (Å²) in [6.07, 6.45) is -4.65. The molecule has 0 atom stereocenters. The first-order valence-electron chi connectivity index (χ1n) is 23.7. The van der Waals surface area contributed by atoms with Crippen LogP contribution >= 0.6 is 0 Å². The predicted octanol–water partition coefficient (Wildman–Crippen LogP) is 17.1. The Morgan fingerprint density at radius 3 is 1.10 bits per heavy atom. The van der Waals surface area contributed by atoms with Gasteiger partial charge in [-0.05, 0) is 95.1 Å². The van der Waals surface area contributed by atoms with E-state index >= 15 is 13.2 Å². The lowest BCUT2D eigenvalue weighted by atomic mass is 9.96. The Morgan fingerprint density at radius 2 is 0.639 bits per heavy atom. The number of rotatable bonds is 8. The van der Waals surface area contributed by atoms with Crippen LogP contribution in [-0.4, -0.2) is 24.1 Å². The van der Waals surface area contributed by atoms with Gasteiger partial charge in [-0.2, -0.15) is 13.2 Å². The van der Waals surface area contributed by atoms with Crippen molar-refractivity contribution in [2.75, 3.05) is 0 Å². The standard InChI is InChI=1S/C64H40F3N5/c65-64(66,67)48-32-36-60(72-56-28-16-14-26-50(56)52-38-46(30-34-58(52)72)42-19-7-2-8-20-42)54(40-48)53-39-47(63-69-61(43-21-9-3-10-22-43)68-62(70-63)44-23-11-4-12-24-44)31-35-59(53)71-55-27-15-13-25-49(55)51-37-45(29-33-57(51)71)41-17-5-1-6-18-41/h1-40H. The fourth-order valence-corrected chi connectivity index (χ4v) is 10.2. The number of alkyl halides is 3. The first-order chi connectivity index (χ1) is 35.3. The number of para-hydroxylation sites is 2. The highest BCUT2D eigenvalue weighted by Crippen LogP contribution is 2.45. The highest BCUT2D eigenvalue weighted by molar-refractivity contribution is 6.13. The third-order valence-electron chi connectivity index (χ3n) is 13.6. The van der Waals surface area contributed by atoms with Gasteiger partial charge in [-0.3, -0.25) is 0 Å². The lowest BCUT2D eigenvalue weighted by Crippen LogP contribution is -2.08. The Labute approximate surface area is 412 Å². The Hall–Kier alpha value is -9.40. The molecule has 8 heteroatoms. The van der Waals surface area contributed by atoms with Crippen molar-refractivity contribution in [2.24, 2.45) is 0 Å². The van der Waals surface area contributed by atoms with Gasteiger partial charge in [-0.15, -0.1) is 0 Å². The second-order valence-corrected chi connectivity index (χ2v) is 17.9. The second kappa shape index (κ2) is 17.2. The van der Waals surface area contributed by atoms with Gasteiger partial charge in [0.15, 0.2) is 17.5 Å².